The Morgan fingerprint density at radius 2 is 1.79 bits per heavy atom. The second kappa shape index (κ2) is 11.4. The molecule has 0 bridgehead atoms. The molecule has 0 amide bonds. The zero-order chi connectivity index (χ0) is 30.1. The molecule has 0 saturated heterocycles. The third-order valence-electron chi connectivity index (χ3n) is 7.24. The molecule has 218 valence electrons. The number of ether oxygens (including phenoxy) is 2. The number of aromatic nitrogens is 4. The van der Waals surface area contributed by atoms with Crippen molar-refractivity contribution in [3.63, 3.8) is 0 Å². The van der Waals surface area contributed by atoms with Crippen LogP contribution in [0.3, 0.4) is 0 Å². The van der Waals surface area contributed by atoms with Crippen LogP contribution < -0.4 is 20.1 Å². The van der Waals surface area contributed by atoms with E-state index in [0.29, 0.717) is 34.8 Å². The minimum atomic E-state index is -0.0626. The van der Waals surface area contributed by atoms with Gasteiger partial charge in [-0.2, -0.15) is 9.97 Å². The monoisotopic (exact) mass is 575 g/mol. The number of likely N-dealkylation sites (N-methyl/N-ethyl adjacent to an activating group) is 1. The minimum Gasteiger partial charge on any atom is -0.435 e. The van der Waals surface area contributed by atoms with Gasteiger partial charge < -0.3 is 29.6 Å². The van der Waals surface area contributed by atoms with E-state index >= 15 is 0 Å². The van der Waals surface area contributed by atoms with Gasteiger partial charge in [-0.15, -0.1) is 0 Å². The number of nitrogens with zero attached hydrogens (tertiary/aromatic N) is 7. The number of fused-ring (bicyclic) bond motifs is 1. The van der Waals surface area contributed by atoms with Crippen LogP contribution in [0.15, 0.2) is 77.8 Å². The number of nitrogens with one attached hydrogen (secondary N) is 1. The van der Waals surface area contributed by atoms with E-state index in [4.69, 9.17) is 35.6 Å². The number of nitrogens with two attached hydrogens (primary N) is 1. The standard InChI is InChI=1S/C32H33N9O2/c1-20-36-27-30(41(20)19-21-9-6-5-7-10-21)37-32(42-24-12-8-11-23(17-24)29-35-15-16-40(29)4)38-31(27)43-26-18-22(28(33)34)13-14-25(26)39(2)3/h5-14,17-18H,15-16,19H2,1-4H3,(H3,33,34). The summed E-state index contributed by atoms with van der Waals surface area (Å²) >= 11 is 0. The van der Waals surface area contributed by atoms with Crippen molar-refractivity contribution in [2.75, 3.05) is 39.1 Å². The van der Waals surface area contributed by atoms with E-state index in [1.165, 1.54) is 0 Å². The molecule has 43 heavy (non-hydrogen) atoms. The average Bonchev–Trinajstić information content (AvgIpc) is 3.56. The number of aryl methyl sites for hydroxylation is 1. The summed E-state index contributed by atoms with van der Waals surface area (Å²) in [5, 5.41) is 7.95. The molecule has 11 nitrogen and oxygen atoms in total. The van der Waals surface area contributed by atoms with Gasteiger partial charge in [0.1, 0.15) is 23.2 Å². The second-order valence-corrected chi connectivity index (χ2v) is 10.6. The van der Waals surface area contributed by atoms with Crippen molar-refractivity contribution in [2.45, 2.75) is 13.5 Å². The Balaban J connectivity index is 1.46. The number of rotatable bonds is 9. The first-order valence-electron chi connectivity index (χ1n) is 13.9. The molecule has 0 radical (unpaired) electrons. The van der Waals surface area contributed by atoms with Gasteiger partial charge in [-0.05, 0) is 42.8 Å². The first-order valence-corrected chi connectivity index (χ1v) is 13.9. The van der Waals surface area contributed by atoms with Crippen LogP contribution >= 0.6 is 0 Å². The highest BCUT2D eigenvalue weighted by molar-refractivity contribution is 6.00. The van der Waals surface area contributed by atoms with Crippen molar-refractivity contribution >= 4 is 28.5 Å². The van der Waals surface area contributed by atoms with Crippen molar-refractivity contribution in [1.82, 2.24) is 24.4 Å². The van der Waals surface area contributed by atoms with Crippen LogP contribution in [0.4, 0.5) is 5.69 Å². The Bertz CT molecular complexity index is 1850. The molecular weight excluding hydrogens is 542 g/mol. The van der Waals surface area contributed by atoms with E-state index in [2.05, 4.69) is 22.0 Å². The lowest BCUT2D eigenvalue weighted by atomic mass is 10.1. The fourth-order valence-electron chi connectivity index (χ4n) is 5.02. The van der Waals surface area contributed by atoms with E-state index in [0.717, 1.165) is 41.6 Å². The maximum atomic E-state index is 7.95. The predicted molar refractivity (Wildman–Crippen MR) is 168 cm³/mol. The largest absolute Gasteiger partial charge is 0.435 e. The molecule has 11 heteroatoms. The molecule has 1 aliphatic rings. The summed E-state index contributed by atoms with van der Waals surface area (Å²) in [6.45, 7) is 4.13. The molecule has 0 spiro atoms. The molecule has 0 atom stereocenters. The van der Waals surface area contributed by atoms with Crippen LogP contribution in [0.1, 0.15) is 22.5 Å². The van der Waals surface area contributed by atoms with Gasteiger partial charge in [-0.3, -0.25) is 10.4 Å². The molecule has 0 aliphatic carbocycles. The van der Waals surface area contributed by atoms with Crippen LogP contribution in [0.25, 0.3) is 11.2 Å². The normalized spacial score (nSPS) is 12.8. The topological polar surface area (TPSA) is 131 Å². The van der Waals surface area contributed by atoms with Gasteiger partial charge in [0, 0.05) is 38.8 Å². The summed E-state index contributed by atoms with van der Waals surface area (Å²) in [5.41, 5.74) is 10.3. The lowest BCUT2D eigenvalue weighted by molar-refractivity contribution is 0.416. The van der Waals surface area contributed by atoms with Crippen molar-refractivity contribution in [1.29, 1.82) is 5.41 Å². The van der Waals surface area contributed by atoms with Crippen molar-refractivity contribution in [2.24, 2.45) is 10.7 Å². The average molecular weight is 576 g/mol. The summed E-state index contributed by atoms with van der Waals surface area (Å²) < 4.78 is 14.8. The number of nitrogen functional groups attached to an aromatic ring is 1. The van der Waals surface area contributed by atoms with Gasteiger partial charge in [-0.25, -0.2) is 4.98 Å². The lowest BCUT2D eigenvalue weighted by Crippen LogP contribution is -2.23. The highest BCUT2D eigenvalue weighted by atomic mass is 16.5. The number of imidazole rings is 1. The highest BCUT2D eigenvalue weighted by Gasteiger charge is 2.22. The van der Waals surface area contributed by atoms with Gasteiger partial charge in [-0.1, -0.05) is 42.5 Å². The number of amidine groups is 2. The summed E-state index contributed by atoms with van der Waals surface area (Å²) in [5.74, 6) is 2.89. The Labute approximate surface area is 249 Å². The molecule has 1 aliphatic heterocycles. The molecule has 3 aromatic carbocycles. The third kappa shape index (κ3) is 5.69. The molecule has 3 heterocycles. The van der Waals surface area contributed by atoms with E-state index in [1.54, 1.807) is 12.1 Å². The first kappa shape index (κ1) is 27.7. The number of benzene rings is 3. The van der Waals surface area contributed by atoms with Crippen LogP contribution in [0.5, 0.6) is 23.4 Å². The van der Waals surface area contributed by atoms with E-state index in [1.807, 2.05) is 86.1 Å². The van der Waals surface area contributed by atoms with Crippen LogP contribution in [0.2, 0.25) is 0 Å². The van der Waals surface area contributed by atoms with E-state index in [9.17, 15) is 0 Å². The Kier molecular flexibility index (Phi) is 7.37. The first-order chi connectivity index (χ1) is 20.8. The maximum Gasteiger partial charge on any atom is 0.327 e. The molecule has 5 aromatic rings. The summed E-state index contributed by atoms with van der Waals surface area (Å²) in [6.07, 6.45) is 0. The fourth-order valence-corrected chi connectivity index (χ4v) is 5.02. The van der Waals surface area contributed by atoms with Gasteiger partial charge in [0.15, 0.2) is 16.9 Å². The maximum absolute atomic E-state index is 7.95. The van der Waals surface area contributed by atoms with Crippen molar-refractivity contribution in [3.05, 3.63) is 95.3 Å². The Hall–Kier alpha value is -5.45. The fraction of sp³-hybridized carbons (Fsp3) is 0.219. The molecular formula is C32H33N9O2. The van der Waals surface area contributed by atoms with Crippen LogP contribution in [-0.2, 0) is 6.54 Å². The second-order valence-electron chi connectivity index (χ2n) is 10.6. The number of hydrogen-bond donors (Lipinski definition) is 2. The highest BCUT2D eigenvalue weighted by Crippen LogP contribution is 2.36. The minimum absolute atomic E-state index is 0.0626. The number of aliphatic imine (C=N–C) groups is 1. The third-order valence-corrected chi connectivity index (χ3v) is 7.24. The van der Waals surface area contributed by atoms with Crippen molar-refractivity contribution in [3.8, 4) is 23.4 Å². The summed E-state index contributed by atoms with van der Waals surface area (Å²) in [6, 6.07) is 23.3. The molecule has 2 aromatic heterocycles. The molecule has 3 N–H and O–H groups in total. The van der Waals surface area contributed by atoms with Gasteiger partial charge in [0.05, 0.1) is 18.8 Å². The van der Waals surface area contributed by atoms with Crippen LogP contribution in [0, 0.1) is 12.3 Å². The molecule has 0 saturated carbocycles. The van der Waals surface area contributed by atoms with E-state index in [-0.39, 0.29) is 17.7 Å². The number of anilines is 1. The smallest absolute Gasteiger partial charge is 0.327 e. The van der Waals surface area contributed by atoms with Crippen molar-refractivity contribution < 1.29 is 9.47 Å². The SMILES string of the molecule is Cc1nc2c(Oc3cc(C(=N)N)ccc3N(C)C)nc(Oc3cccc(C4=NCCN4C)c3)nc2n1Cc1ccccc1. The van der Waals surface area contributed by atoms with Gasteiger partial charge >= 0.3 is 6.01 Å². The van der Waals surface area contributed by atoms with Gasteiger partial charge in [0.25, 0.3) is 5.88 Å². The Morgan fingerprint density at radius 1 is 0.977 bits per heavy atom. The zero-order valence-electron chi connectivity index (χ0n) is 24.6. The predicted octanol–water partition coefficient (Wildman–Crippen LogP) is 4.81. The summed E-state index contributed by atoms with van der Waals surface area (Å²) in [7, 11) is 5.86. The van der Waals surface area contributed by atoms with Gasteiger partial charge in [0.2, 0.25) is 0 Å². The van der Waals surface area contributed by atoms with Crippen LogP contribution in [-0.4, -0.2) is 70.3 Å². The molecule has 6 rings (SSSR count). The lowest BCUT2D eigenvalue weighted by Gasteiger charge is -2.18. The van der Waals surface area contributed by atoms with E-state index < -0.39 is 0 Å². The molecule has 0 fully saturated rings. The quantitative estimate of drug-likeness (QED) is 0.189. The number of hydrogen-bond acceptors (Lipinski definition) is 9. The summed E-state index contributed by atoms with van der Waals surface area (Å²) in [4.78, 5) is 23.0. The Morgan fingerprint density at radius 3 is 2.51 bits per heavy atom. The molecule has 0 unspecified atom stereocenters. The zero-order valence-corrected chi connectivity index (χ0v) is 24.6.